The molecule has 0 heterocycles. The molecule has 2 unspecified atom stereocenters. The fourth-order valence-electron chi connectivity index (χ4n) is 1.22. The van der Waals surface area contributed by atoms with Gasteiger partial charge in [-0.05, 0) is 32.6 Å². The Morgan fingerprint density at radius 1 is 1.36 bits per heavy atom. The molecule has 14 heavy (non-hydrogen) atoms. The zero-order chi connectivity index (χ0) is 10.8. The van der Waals surface area contributed by atoms with Crippen LogP contribution in [0.15, 0.2) is 25.3 Å². The largest absolute Gasteiger partial charge is 0.391 e. The van der Waals surface area contributed by atoms with Crippen molar-refractivity contribution in [3.63, 3.8) is 0 Å². The van der Waals surface area contributed by atoms with Crippen molar-refractivity contribution in [3.8, 4) is 0 Å². The fourth-order valence-corrected chi connectivity index (χ4v) is 1.22. The van der Waals surface area contributed by atoms with Crippen LogP contribution in [0.5, 0.6) is 0 Å². The van der Waals surface area contributed by atoms with E-state index >= 15 is 0 Å². The van der Waals surface area contributed by atoms with E-state index in [4.69, 9.17) is 9.84 Å². The van der Waals surface area contributed by atoms with E-state index in [0.717, 1.165) is 25.7 Å². The average Bonchev–Trinajstić information content (AvgIpc) is 2.14. The number of aliphatic hydroxyl groups excluding tert-OH is 1. The van der Waals surface area contributed by atoms with Crippen molar-refractivity contribution in [3.05, 3.63) is 25.3 Å². The number of aliphatic hydroxyl groups is 1. The molecule has 1 N–H and O–H groups in total. The molecule has 2 atom stereocenters. The summed E-state index contributed by atoms with van der Waals surface area (Å²) in [5.74, 6) is 0. The van der Waals surface area contributed by atoms with Gasteiger partial charge in [0, 0.05) is 0 Å². The monoisotopic (exact) mass is 198 g/mol. The van der Waals surface area contributed by atoms with Gasteiger partial charge in [-0.15, -0.1) is 13.2 Å². The predicted molar refractivity (Wildman–Crippen MR) is 60.3 cm³/mol. The van der Waals surface area contributed by atoms with E-state index in [0.29, 0.717) is 6.61 Å². The van der Waals surface area contributed by atoms with Crippen molar-refractivity contribution in [2.75, 3.05) is 6.61 Å². The molecule has 82 valence electrons. The maximum Gasteiger partial charge on any atom is 0.0745 e. The fraction of sp³-hybridized carbons (Fsp3) is 0.667. The average molecular weight is 198 g/mol. The van der Waals surface area contributed by atoms with Crippen molar-refractivity contribution in [1.29, 1.82) is 0 Å². The molecule has 0 spiro atoms. The summed E-state index contributed by atoms with van der Waals surface area (Å²) in [6, 6.07) is 0. The van der Waals surface area contributed by atoms with E-state index in [9.17, 15) is 0 Å². The van der Waals surface area contributed by atoms with Crippen LogP contribution in [0.25, 0.3) is 0 Å². The molecule has 2 nitrogen and oxygen atoms in total. The van der Waals surface area contributed by atoms with E-state index in [1.807, 2.05) is 12.2 Å². The van der Waals surface area contributed by atoms with Gasteiger partial charge in [-0.3, -0.25) is 0 Å². The van der Waals surface area contributed by atoms with E-state index in [1.165, 1.54) is 0 Å². The molecule has 0 aromatic carbocycles. The van der Waals surface area contributed by atoms with E-state index in [-0.39, 0.29) is 12.2 Å². The zero-order valence-electron chi connectivity index (χ0n) is 9.11. The van der Waals surface area contributed by atoms with Gasteiger partial charge in [-0.1, -0.05) is 12.2 Å². The molecule has 2 heteroatoms. The van der Waals surface area contributed by atoms with Crippen molar-refractivity contribution in [1.82, 2.24) is 0 Å². The third kappa shape index (κ3) is 8.02. The summed E-state index contributed by atoms with van der Waals surface area (Å²) < 4.78 is 5.53. The molecule has 0 amide bonds. The molecule has 0 saturated carbocycles. The molecule has 0 bridgehead atoms. The Balaban J connectivity index is 3.64. The van der Waals surface area contributed by atoms with E-state index < -0.39 is 0 Å². The Kier molecular flexibility index (Phi) is 8.59. The lowest BCUT2D eigenvalue weighted by atomic mass is 10.1. The summed E-state index contributed by atoms with van der Waals surface area (Å²) >= 11 is 0. The molecule has 0 aliphatic heterocycles. The first-order valence-electron chi connectivity index (χ1n) is 5.22. The van der Waals surface area contributed by atoms with E-state index in [2.05, 4.69) is 13.2 Å². The number of rotatable bonds is 9. The van der Waals surface area contributed by atoms with Gasteiger partial charge in [0.1, 0.15) is 0 Å². The Bertz CT molecular complexity index is 152. The van der Waals surface area contributed by atoms with E-state index in [1.54, 1.807) is 6.92 Å². The van der Waals surface area contributed by atoms with Gasteiger partial charge in [-0.2, -0.15) is 0 Å². The maximum absolute atomic E-state index is 9.07. The topological polar surface area (TPSA) is 29.5 Å². The SMILES string of the molecule is C=CCCCC(CC=C)OCC(C)O. The summed E-state index contributed by atoms with van der Waals surface area (Å²) in [4.78, 5) is 0. The minimum absolute atomic E-state index is 0.196. The highest BCUT2D eigenvalue weighted by Gasteiger charge is 2.07. The number of unbranched alkanes of at least 4 members (excludes halogenated alkanes) is 1. The lowest BCUT2D eigenvalue weighted by Gasteiger charge is -2.16. The Hall–Kier alpha value is -0.600. The molecule has 0 rings (SSSR count). The highest BCUT2D eigenvalue weighted by Crippen LogP contribution is 2.10. The van der Waals surface area contributed by atoms with Crippen LogP contribution in [0, 0.1) is 0 Å². The van der Waals surface area contributed by atoms with Crippen LogP contribution in [0.1, 0.15) is 32.6 Å². The first-order chi connectivity index (χ1) is 6.70. The van der Waals surface area contributed by atoms with Gasteiger partial charge in [0.05, 0.1) is 18.8 Å². The van der Waals surface area contributed by atoms with Crippen LogP contribution in [0.3, 0.4) is 0 Å². The second kappa shape index (κ2) is 8.97. The third-order valence-corrected chi connectivity index (χ3v) is 1.94. The maximum atomic E-state index is 9.07. The first-order valence-corrected chi connectivity index (χ1v) is 5.22. The number of hydrogen-bond acceptors (Lipinski definition) is 2. The number of allylic oxidation sites excluding steroid dienone is 1. The first kappa shape index (κ1) is 13.4. The third-order valence-electron chi connectivity index (χ3n) is 1.94. The molecular formula is C12H22O2. The molecule has 0 aromatic rings. The molecular weight excluding hydrogens is 176 g/mol. The van der Waals surface area contributed by atoms with Gasteiger partial charge in [0.2, 0.25) is 0 Å². The number of ether oxygens (including phenoxy) is 1. The molecule has 0 aliphatic rings. The lowest BCUT2D eigenvalue weighted by molar-refractivity contribution is -0.00537. The Morgan fingerprint density at radius 3 is 2.57 bits per heavy atom. The van der Waals surface area contributed by atoms with Gasteiger partial charge in [-0.25, -0.2) is 0 Å². The van der Waals surface area contributed by atoms with Crippen LogP contribution in [-0.2, 0) is 4.74 Å². The molecule has 0 saturated heterocycles. The summed E-state index contributed by atoms with van der Waals surface area (Å²) in [7, 11) is 0. The lowest BCUT2D eigenvalue weighted by Crippen LogP contribution is -2.19. The Labute approximate surface area is 87.3 Å². The molecule has 0 fully saturated rings. The highest BCUT2D eigenvalue weighted by atomic mass is 16.5. The van der Waals surface area contributed by atoms with Crippen LogP contribution in [0.4, 0.5) is 0 Å². The molecule has 0 aliphatic carbocycles. The normalized spacial score (nSPS) is 14.7. The minimum atomic E-state index is -0.387. The van der Waals surface area contributed by atoms with Gasteiger partial charge < -0.3 is 9.84 Å². The van der Waals surface area contributed by atoms with Crippen LogP contribution in [0.2, 0.25) is 0 Å². The van der Waals surface area contributed by atoms with Gasteiger partial charge in [0.15, 0.2) is 0 Å². The van der Waals surface area contributed by atoms with Crippen molar-refractivity contribution >= 4 is 0 Å². The highest BCUT2D eigenvalue weighted by molar-refractivity contribution is 4.75. The second-order valence-electron chi connectivity index (χ2n) is 3.55. The standard InChI is InChI=1S/C12H22O2/c1-4-6-7-9-12(8-5-2)14-10-11(3)13/h4-5,11-13H,1-2,6-10H2,3H3. The minimum Gasteiger partial charge on any atom is -0.391 e. The number of hydrogen-bond donors (Lipinski definition) is 1. The second-order valence-corrected chi connectivity index (χ2v) is 3.55. The van der Waals surface area contributed by atoms with Gasteiger partial charge in [0.25, 0.3) is 0 Å². The summed E-state index contributed by atoms with van der Waals surface area (Å²) in [5, 5.41) is 9.07. The van der Waals surface area contributed by atoms with Crippen LogP contribution in [-0.4, -0.2) is 23.9 Å². The van der Waals surface area contributed by atoms with Crippen molar-refractivity contribution in [2.45, 2.75) is 44.8 Å². The molecule has 0 radical (unpaired) electrons. The summed E-state index contributed by atoms with van der Waals surface area (Å²) in [6.45, 7) is 9.51. The molecule has 0 aromatic heterocycles. The Morgan fingerprint density at radius 2 is 2.07 bits per heavy atom. The summed E-state index contributed by atoms with van der Waals surface area (Å²) in [5.41, 5.74) is 0. The quantitative estimate of drug-likeness (QED) is 0.456. The van der Waals surface area contributed by atoms with Gasteiger partial charge >= 0.3 is 0 Å². The summed E-state index contributed by atoms with van der Waals surface area (Å²) in [6.07, 6.45) is 7.55. The predicted octanol–water partition coefficient (Wildman–Crippen LogP) is 2.68. The zero-order valence-corrected chi connectivity index (χ0v) is 9.11. The smallest absolute Gasteiger partial charge is 0.0745 e. The van der Waals surface area contributed by atoms with Crippen LogP contribution >= 0.6 is 0 Å². The van der Waals surface area contributed by atoms with Crippen LogP contribution < -0.4 is 0 Å². The van der Waals surface area contributed by atoms with Crippen molar-refractivity contribution < 1.29 is 9.84 Å². The van der Waals surface area contributed by atoms with Crippen molar-refractivity contribution in [2.24, 2.45) is 0 Å².